The Labute approximate surface area is 125 Å². The Balaban J connectivity index is 2.95. The summed E-state index contributed by atoms with van der Waals surface area (Å²) in [5.41, 5.74) is -1.11. The van der Waals surface area contributed by atoms with Crippen LogP contribution in [0, 0.1) is 0 Å². The van der Waals surface area contributed by atoms with Crippen molar-refractivity contribution in [1.29, 1.82) is 0 Å². The zero-order chi connectivity index (χ0) is 14.6. The van der Waals surface area contributed by atoms with E-state index >= 15 is 0 Å². The van der Waals surface area contributed by atoms with E-state index in [1.54, 1.807) is 12.1 Å². The van der Waals surface area contributed by atoms with Crippen molar-refractivity contribution >= 4 is 52.2 Å². The number of thiocarbonyl (C=S) groups is 1. The van der Waals surface area contributed by atoms with Gasteiger partial charge in [-0.3, -0.25) is 4.79 Å². The highest BCUT2D eigenvalue weighted by atomic mass is 35.5. The quantitative estimate of drug-likeness (QED) is 0.670. The number of isothiocyanates is 1. The molecule has 0 aromatic heterocycles. The van der Waals surface area contributed by atoms with Gasteiger partial charge in [0.25, 0.3) is 5.91 Å². The third kappa shape index (κ3) is 4.25. The number of carbonyl (C=O) groups is 1. The summed E-state index contributed by atoms with van der Waals surface area (Å²) in [4.78, 5) is 15.2. The molecule has 0 aliphatic carbocycles. The van der Waals surface area contributed by atoms with E-state index in [4.69, 9.17) is 23.2 Å². The molecule has 0 radical (unpaired) electrons. The molecule has 0 atom stereocenters. The number of hydrogen-bond donors (Lipinski definition) is 1. The summed E-state index contributed by atoms with van der Waals surface area (Å²) in [6.45, 7) is 2.42. The normalized spacial score (nSPS) is 10.8. The van der Waals surface area contributed by atoms with Gasteiger partial charge in [-0.25, -0.2) is 4.39 Å². The number of alkyl halides is 1. The molecule has 102 valence electrons. The molecule has 1 aromatic rings. The lowest BCUT2D eigenvalue weighted by atomic mass is 10.1. The van der Waals surface area contributed by atoms with Gasteiger partial charge in [-0.05, 0) is 37.7 Å². The van der Waals surface area contributed by atoms with Crippen molar-refractivity contribution in [2.24, 2.45) is 4.99 Å². The van der Waals surface area contributed by atoms with Crippen molar-refractivity contribution < 1.29 is 9.18 Å². The van der Waals surface area contributed by atoms with E-state index < -0.39 is 11.6 Å². The lowest BCUT2D eigenvalue weighted by Gasteiger charge is -2.15. The molecule has 1 N–H and O–H groups in total. The lowest BCUT2D eigenvalue weighted by Crippen LogP contribution is -2.38. The van der Waals surface area contributed by atoms with Crippen LogP contribution in [0.25, 0.3) is 0 Å². The van der Waals surface area contributed by atoms with Crippen molar-refractivity contribution in [2.75, 3.05) is 0 Å². The average Bonchev–Trinajstić information content (AvgIpc) is 2.32. The van der Waals surface area contributed by atoms with Crippen LogP contribution >= 0.6 is 35.4 Å². The molecule has 19 heavy (non-hydrogen) atoms. The van der Waals surface area contributed by atoms with Crippen molar-refractivity contribution in [3.63, 3.8) is 0 Å². The second kappa shape index (κ2) is 6.44. The number of benzene rings is 1. The fraction of sp³-hybridized carbons (Fsp3) is 0.333. The second-order valence-electron chi connectivity index (χ2n) is 4.23. The Bertz CT molecular complexity index is 551. The van der Waals surface area contributed by atoms with E-state index in [1.165, 1.54) is 13.8 Å². The van der Waals surface area contributed by atoms with E-state index in [1.807, 2.05) is 0 Å². The molecule has 0 aliphatic rings. The standard InChI is InChI=1S/C12H11Cl2FN2OS/c1-12(2,15)11(18)16-5-7-3-4-8(13)10(9(7)14)17-6-19/h3-4H,5H2,1-2H3,(H,16,18). The number of halogens is 3. The number of amides is 1. The minimum absolute atomic E-state index is 0.0716. The molecule has 0 heterocycles. The molecule has 0 spiro atoms. The molecule has 0 fully saturated rings. The Morgan fingerprint density at radius 2 is 2.16 bits per heavy atom. The van der Waals surface area contributed by atoms with Crippen LogP contribution in [0.3, 0.4) is 0 Å². The summed E-state index contributed by atoms with van der Waals surface area (Å²) in [6, 6.07) is 3.19. The van der Waals surface area contributed by atoms with Crippen LogP contribution in [0.2, 0.25) is 10.0 Å². The van der Waals surface area contributed by atoms with Gasteiger partial charge in [-0.2, -0.15) is 4.99 Å². The molecular formula is C12H11Cl2FN2OS. The summed E-state index contributed by atoms with van der Waals surface area (Å²) in [5.74, 6) is -0.724. The van der Waals surface area contributed by atoms with E-state index in [0.717, 1.165) is 0 Å². The van der Waals surface area contributed by atoms with Crippen LogP contribution in [-0.2, 0) is 11.3 Å². The van der Waals surface area contributed by atoms with Crippen LogP contribution in [-0.4, -0.2) is 16.7 Å². The Morgan fingerprint density at radius 1 is 1.53 bits per heavy atom. The number of aliphatic imine (C=N–C) groups is 1. The minimum Gasteiger partial charge on any atom is -0.349 e. The third-order valence-electron chi connectivity index (χ3n) is 2.28. The minimum atomic E-state index is -1.95. The smallest absolute Gasteiger partial charge is 0.257 e. The summed E-state index contributed by atoms with van der Waals surface area (Å²) in [5, 5.41) is 5.19. The third-order valence-corrected chi connectivity index (χ3v) is 3.10. The lowest BCUT2D eigenvalue weighted by molar-refractivity contribution is -0.130. The highest BCUT2D eigenvalue weighted by molar-refractivity contribution is 7.78. The van der Waals surface area contributed by atoms with Crippen LogP contribution in [0.5, 0.6) is 0 Å². The Kier molecular flexibility index (Phi) is 5.44. The zero-order valence-electron chi connectivity index (χ0n) is 10.3. The van der Waals surface area contributed by atoms with Gasteiger partial charge >= 0.3 is 0 Å². The highest BCUT2D eigenvalue weighted by Gasteiger charge is 2.26. The summed E-state index contributed by atoms with van der Waals surface area (Å²) < 4.78 is 13.3. The van der Waals surface area contributed by atoms with E-state index in [9.17, 15) is 9.18 Å². The predicted octanol–water partition coefficient (Wildman–Crippen LogP) is 4.09. The SMILES string of the molecule is CC(C)(F)C(=O)NCc1ccc(Cl)c(N=C=S)c1Cl. The first kappa shape index (κ1) is 16.1. The number of rotatable bonds is 4. The Morgan fingerprint density at radius 3 is 2.68 bits per heavy atom. The van der Waals surface area contributed by atoms with Crippen molar-refractivity contribution in [2.45, 2.75) is 26.1 Å². The molecule has 0 bridgehead atoms. The van der Waals surface area contributed by atoms with Crippen molar-refractivity contribution in [1.82, 2.24) is 5.32 Å². The molecule has 0 saturated carbocycles. The number of nitrogens with zero attached hydrogens (tertiary/aromatic N) is 1. The largest absolute Gasteiger partial charge is 0.349 e. The number of hydrogen-bond acceptors (Lipinski definition) is 3. The maximum atomic E-state index is 13.3. The molecule has 1 amide bonds. The van der Waals surface area contributed by atoms with Crippen molar-refractivity contribution in [3.05, 3.63) is 27.7 Å². The van der Waals surface area contributed by atoms with Gasteiger partial charge in [0, 0.05) is 6.54 Å². The van der Waals surface area contributed by atoms with Crippen LogP contribution in [0.1, 0.15) is 19.4 Å². The topological polar surface area (TPSA) is 41.5 Å². The van der Waals surface area contributed by atoms with Gasteiger partial charge in [0.15, 0.2) is 5.67 Å². The molecule has 3 nitrogen and oxygen atoms in total. The van der Waals surface area contributed by atoms with Gasteiger partial charge in [0.2, 0.25) is 0 Å². The maximum Gasteiger partial charge on any atom is 0.257 e. The average molecular weight is 321 g/mol. The van der Waals surface area contributed by atoms with E-state index in [-0.39, 0.29) is 17.3 Å². The summed E-state index contributed by atoms with van der Waals surface area (Å²) >= 11 is 16.5. The molecule has 0 unspecified atom stereocenters. The first-order chi connectivity index (χ1) is 8.77. The van der Waals surface area contributed by atoms with E-state index in [0.29, 0.717) is 10.6 Å². The Hall–Kier alpha value is -1.00. The van der Waals surface area contributed by atoms with E-state index in [2.05, 4.69) is 27.7 Å². The fourth-order valence-corrected chi connectivity index (χ4v) is 1.87. The van der Waals surface area contributed by atoms with Gasteiger partial charge in [-0.1, -0.05) is 29.3 Å². The molecule has 7 heteroatoms. The molecule has 1 aromatic carbocycles. The van der Waals surface area contributed by atoms with Crippen molar-refractivity contribution in [3.8, 4) is 0 Å². The van der Waals surface area contributed by atoms with Gasteiger partial charge in [-0.15, -0.1) is 0 Å². The zero-order valence-corrected chi connectivity index (χ0v) is 12.6. The number of nitrogens with one attached hydrogen (secondary N) is 1. The van der Waals surface area contributed by atoms with Gasteiger partial charge < -0.3 is 5.32 Å². The first-order valence-corrected chi connectivity index (χ1v) is 6.45. The molecule has 0 aliphatic heterocycles. The summed E-state index contributed by atoms with van der Waals surface area (Å²) in [7, 11) is 0. The van der Waals surface area contributed by atoms with Crippen LogP contribution in [0.4, 0.5) is 10.1 Å². The molecule has 1 rings (SSSR count). The predicted molar refractivity (Wildman–Crippen MR) is 78.2 cm³/mol. The molecular weight excluding hydrogens is 310 g/mol. The van der Waals surface area contributed by atoms with Crippen LogP contribution < -0.4 is 5.32 Å². The molecule has 0 saturated heterocycles. The fourth-order valence-electron chi connectivity index (χ4n) is 1.25. The monoisotopic (exact) mass is 320 g/mol. The number of carbonyl (C=O) groups excluding carboxylic acids is 1. The maximum absolute atomic E-state index is 13.3. The van der Waals surface area contributed by atoms with Crippen LogP contribution in [0.15, 0.2) is 17.1 Å². The van der Waals surface area contributed by atoms with Gasteiger partial charge in [0.05, 0.1) is 15.2 Å². The first-order valence-electron chi connectivity index (χ1n) is 5.29. The second-order valence-corrected chi connectivity index (χ2v) is 5.20. The summed E-state index contributed by atoms with van der Waals surface area (Å²) in [6.07, 6.45) is 0. The highest BCUT2D eigenvalue weighted by Crippen LogP contribution is 2.35. The van der Waals surface area contributed by atoms with Gasteiger partial charge in [0.1, 0.15) is 5.69 Å².